The molecule has 25 heavy (non-hydrogen) atoms. The molecule has 4 nitrogen and oxygen atoms in total. The summed E-state index contributed by atoms with van der Waals surface area (Å²) in [4.78, 5) is 24.0. The molecule has 1 atom stereocenters. The van der Waals surface area contributed by atoms with Gasteiger partial charge in [-0.1, -0.05) is 47.5 Å². The molecule has 150 valence electrons. The zero-order valence-electron chi connectivity index (χ0n) is 18.2. The highest BCUT2D eigenvalue weighted by Crippen LogP contribution is 2.50. The number of hydrogen-bond acceptors (Lipinski definition) is 4. The van der Waals surface area contributed by atoms with Crippen LogP contribution in [-0.2, 0) is 19.6 Å². The smallest absolute Gasteiger partial charge is 0.228 e. The zero-order chi connectivity index (χ0) is 19.4. The zero-order valence-corrected chi connectivity index (χ0v) is 18.2. The van der Waals surface area contributed by atoms with Gasteiger partial charge in [-0.15, -0.1) is 0 Å². The second kappa shape index (κ2) is 8.69. The summed E-state index contributed by atoms with van der Waals surface area (Å²) in [5.41, 5.74) is -0.887. The van der Waals surface area contributed by atoms with Gasteiger partial charge in [-0.05, 0) is 59.3 Å². The number of hydrogen-bond donors (Lipinski definition) is 0. The lowest BCUT2D eigenvalue weighted by Crippen LogP contribution is -2.55. The normalized spacial score (nSPS) is 23.6. The van der Waals surface area contributed by atoms with E-state index in [-0.39, 0.29) is 16.6 Å². The lowest BCUT2D eigenvalue weighted by Gasteiger charge is -2.49. The fourth-order valence-corrected chi connectivity index (χ4v) is 3.87. The fourth-order valence-electron chi connectivity index (χ4n) is 3.87. The molecule has 0 N–H and O–H groups in total. The maximum atomic E-state index is 6.08. The maximum absolute atomic E-state index is 6.08. The first-order chi connectivity index (χ1) is 11.4. The molecule has 0 aromatic rings. The Morgan fingerprint density at radius 2 is 1.32 bits per heavy atom. The molecular formula is C21H42O4. The molecule has 0 amide bonds. The molecule has 1 unspecified atom stereocenters. The molecule has 1 aliphatic carbocycles. The van der Waals surface area contributed by atoms with Crippen LogP contribution in [0.1, 0.15) is 107 Å². The van der Waals surface area contributed by atoms with Crippen molar-refractivity contribution in [1.82, 2.24) is 0 Å². The van der Waals surface area contributed by atoms with Crippen molar-refractivity contribution in [3.63, 3.8) is 0 Å². The van der Waals surface area contributed by atoms with Crippen molar-refractivity contribution in [3.05, 3.63) is 0 Å². The van der Waals surface area contributed by atoms with Gasteiger partial charge >= 0.3 is 0 Å². The van der Waals surface area contributed by atoms with Gasteiger partial charge in [0, 0.05) is 11.8 Å². The third-order valence-electron chi connectivity index (χ3n) is 5.36. The summed E-state index contributed by atoms with van der Waals surface area (Å²) in [6, 6.07) is 0. The molecule has 1 saturated carbocycles. The summed E-state index contributed by atoms with van der Waals surface area (Å²) in [5.74, 6) is -0.238. The van der Waals surface area contributed by atoms with Crippen LogP contribution in [0.15, 0.2) is 0 Å². The van der Waals surface area contributed by atoms with Crippen molar-refractivity contribution in [3.8, 4) is 0 Å². The largest absolute Gasteiger partial charge is 0.239 e. The van der Waals surface area contributed by atoms with Crippen molar-refractivity contribution < 1.29 is 19.6 Å². The molecule has 0 heterocycles. The molecule has 0 radical (unpaired) electrons. The Morgan fingerprint density at radius 1 is 0.880 bits per heavy atom. The van der Waals surface area contributed by atoms with E-state index in [0.29, 0.717) is 5.92 Å². The molecule has 0 aliphatic heterocycles. The topological polar surface area (TPSA) is 36.9 Å². The van der Waals surface area contributed by atoms with Gasteiger partial charge in [0.25, 0.3) is 0 Å². The summed E-state index contributed by atoms with van der Waals surface area (Å²) in [6.45, 7) is 19.2. The maximum Gasteiger partial charge on any atom is 0.239 e. The van der Waals surface area contributed by atoms with Gasteiger partial charge in [-0.3, -0.25) is 0 Å². The quantitative estimate of drug-likeness (QED) is 0.251. The van der Waals surface area contributed by atoms with Gasteiger partial charge < -0.3 is 0 Å². The Kier molecular flexibility index (Phi) is 7.95. The van der Waals surface area contributed by atoms with E-state index in [4.69, 9.17) is 19.6 Å². The Labute approximate surface area is 155 Å². The van der Waals surface area contributed by atoms with E-state index < -0.39 is 5.79 Å². The lowest BCUT2D eigenvalue weighted by molar-refractivity contribution is -0.568. The Morgan fingerprint density at radius 3 is 1.68 bits per heavy atom. The molecule has 0 aromatic heterocycles. The standard InChI is InChI=1S/C21H42O4/c1-10-13-19(6,7)22-24-21(25-23-20(8,9)14-11-2)15-12-17(3)16-18(21,4)5/h17H,10-16H2,1-9H3. The molecule has 1 rings (SSSR count). The summed E-state index contributed by atoms with van der Waals surface area (Å²) >= 11 is 0. The Bertz CT molecular complexity index is 379. The predicted molar refractivity (Wildman–Crippen MR) is 102 cm³/mol. The van der Waals surface area contributed by atoms with Crippen LogP contribution in [-0.4, -0.2) is 17.0 Å². The van der Waals surface area contributed by atoms with Crippen LogP contribution in [0.25, 0.3) is 0 Å². The SMILES string of the molecule is CCCC(C)(C)OOC1(OOC(C)(C)CCC)CCC(C)CC1(C)C. The van der Waals surface area contributed by atoms with Gasteiger partial charge in [0.05, 0.1) is 11.2 Å². The second-order valence-electron chi connectivity index (χ2n) is 9.84. The van der Waals surface area contributed by atoms with E-state index in [1.165, 1.54) is 0 Å². The average Bonchev–Trinajstić information content (AvgIpc) is 2.45. The minimum absolute atomic E-state index is 0.199. The van der Waals surface area contributed by atoms with Gasteiger partial charge in [0.2, 0.25) is 5.79 Å². The van der Waals surface area contributed by atoms with Crippen LogP contribution in [0.3, 0.4) is 0 Å². The molecule has 0 bridgehead atoms. The first-order valence-electron chi connectivity index (χ1n) is 10.1. The third kappa shape index (κ3) is 6.50. The molecule has 1 fully saturated rings. The van der Waals surface area contributed by atoms with Gasteiger partial charge in [0.1, 0.15) is 0 Å². The summed E-state index contributed by atoms with van der Waals surface area (Å²) in [6.07, 6.45) is 6.78. The third-order valence-corrected chi connectivity index (χ3v) is 5.36. The summed E-state index contributed by atoms with van der Waals surface area (Å²) in [5, 5.41) is 0. The van der Waals surface area contributed by atoms with E-state index >= 15 is 0 Å². The Balaban J connectivity index is 2.94. The van der Waals surface area contributed by atoms with Crippen LogP contribution in [0.4, 0.5) is 0 Å². The van der Waals surface area contributed by atoms with Crippen LogP contribution in [0, 0.1) is 11.3 Å². The van der Waals surface area contributed by atoms with Crippen LogP contribution >= 0.6 is 0 Å². The van der Waals surface area contributed by atoms with E-state index in [0.717, 1.165) is 44.9 Å². The van der Waals surface area contributed by atoms with Crippen molar-refractivity contribution in [2.75, 3.05) is 0 Å². The van der Waals surface area contributed by atoms with Gasteiger partial charge in [0.15, 0.2) is 0 Å². The van der Waals surface area contributed by atoms with Crippen molar-refractivity contribution in [2.24, 2.45) is 11.3 Å². The van der Waals surface area contributed by atoms with E-state index in [9.17, 15) is 0 Å². The summed E-state index contributed by atoms with van der Waals surface area (Å²) < 4.78 is 0. The molecule has 0 aromatic carbocycles. The molecule has 0 saturated heterocycles. The van der Waals surface area contributed by atoms with Crippen molar-refractivity contribution in [1.29, 1.82) is 0 Å². The minimum atomic E-state index is -0.879. The van der Waals surface area contributed by atoms with Gasteiger partial charge in [-0.25, -0.2) is 9.78 Å². The predicted octanol–water partition coefficient (Wildman–Crippen LogP) is 6.58. The Hall–Kier alpha value is -0.160. The second-order valence-corrected chi connectivity index (χ2v) is 9.84. The fraction of sp³-hybridized carbons (Fsp3) is 1.00. The van der Waals surface area contributed by atoms with Crippen LogP contribution in [0.2, 0.25) is 0 Å². The molecule has 4 heteroatoms. The monoisotopic (exact) mass is 358 g/mol. The first-order valence-corrected chi connectivity index (χ1v) is 10.1. The highest BCUT2D eigenvalue weighted by molar-refractivity contribution is 4.92. The molecule has 0 spiro atoms. The van der Waals surface area contributed by atoms with Crippen molar-refractivity contribution in [2.45, 2.75) is 124 Å². The lowest BCUT2D eigenvalue weighted by atomic mass is 9.68. The van der Waals surface area contributed by atoms with E-state index in [1.54, 1.807) is 0 Å². The highest BCUT2D eigenvalue weighted by Gasteiger charge is 2.54. The van der Waals surface area contributed by atoms with Crippen LogP contribution in [0.5, 0.6) is 0 Å². The summed E-state index contributed by atoms with van der Waals surface area (Å²) in [7, 11) is 0. The van der Waals surface area contributed by atoms with Gasteiger partial charge in [-0.2, -0.15) is 9.78 Å². The molecule has 1 aliphatic rings. The van der Waals surface area contributed by atoms with E-state index in [1.807, 2.05) is 0 Å². The number of rotatable bonds is 10. The highest BCUT2D eigenvalue weighted by atomic mass is 17.3. The van der Waals surface area contributed by atoms with E-state index in [2.05, 4.69) is 62.3 Å². The first kappa shape index (κ1) is 22.9. The average molecular weight is 359 g/mol. The minimum Gasteiger partial charge on any atom is -0.228 e. The molecular weight excluding hydrogens is 316 g/mol. The van der Waals surface area contributed by atoms with Crippen molar-refractivity contribution >= 4 is 0 Å². The van der Waals surface area contributed by atoms with Crippen LogP contribution < -0.4 is 0 Å².